The number of carbonyl (C=O) groups is 1. The van der Waals surface area contributed by atoms with Gasteiger partial charge in [-0.2, -0.15) is 4.98 Å². The normalized spacial score (nSPS) is 17.1. The number of benzene rings is 1. The highest BCUT2D eigenvalue weighted by Crippen LogP contribution is 2.28. The lowest BCUT2D eigenvalue weighted by molar-refractivity contribution is 0.0695. The van der Waals surface area contributed by atoms with E-state index in [1.165, 1.54) is 0 Å². The number of para-hydroxylation sites is 1. The summed E-state index contributed by atoms with van der Waals surface area (Å²) >= 11 is 0. The number of carbonyl (C=O) groups excluding carboxylic acids is 1. The lowest BCUT2D eigenvalue weighted by Crippen LogP contribution is -2.39. The fourth-order valence-electron chi connectivity index (χ4n) is 3.06. The molecule has 1 aliphatic heterocycles. The number of hydrogen-bond acceptors (Lipinski definition) is 6. The quantitative estimate of drug-likeness (QED) is 0.718. The molecule has 1 aromatic carbocycles. The number of hydrogen-bond donors (Lipinski definition) is 0. The van der Waals surface area contributed by atoms with Gasteiger partial charge in [0.05, 0.1) is 5.92 Å². The van der Waals surface area contributed by atoms with Crippen molar-refractivity contribution in [2.75, 3.05) is 13.1 Å². The fourth-order valence-corrected chi connectivity index (χ4v) is 3.06. The molecule has 4 rings (SSSR count). The van der Waals surface area contributed by atoms with Gasteiger partial charge in [0.1, 0.15) is 5.75 Å². The Hall–Kier alpha value is -3.22. The van der Waals surface area contributed by atoms with E-state index in [9.17, 15) is 4.79 Å². The van der Waals surface area contributed by atoms with Crippen molar-refractivity contribution in [3.8, 4) is 11.8 Å². The zero-order chi connectivity index (χ0) is 17.8. The summed E-state index contributed by atoms with van der Waals surface area (Å²) in [7, 11) is 0. The molecule has 1 aliphatic rings. The predicted molar refractivity (Wildman–Crippen MR) is 92.9 cm³/mol. The average Bonchev–Trinajstić information content (AvgIpc) is 3.17. The molecule has 1 amide bonds. The Bertz CT molecular complexity index is 867. The zero-order valence-corrected chi connectivity index (χ0v) is 14.1. The van der Waals surface area contributed by atoms with E-state index in [-0.39, 0.29) is 17.8 Å². The standard InChI is InChI=1S/C19H18N4O3/c24-18(14-8-10-20-11-9-14)23-12-4-5-15(13-23)17-21-19(22-26-17)25-16-6-2-1-3-7-16/h1-3,6-11,15H,4-5,12-13H2. The van der Waals surface area contributed by atoms with Gasteiger partial charge < -0.3 is 14.2 Å². The Labute approximate surface area is 150 Å². The average molecular weight is 350 g/mol. The summed E-state index contributed by atoms with van der Waals surface area (Å²) in [5.74, 6) is 1.16. The number of aromatic nitrogens is 3. The Morgan fingerprint density at radius 2 is 1.96 bits per heavy atom. The topological polar surface area (TPSA) is 81.4 Å². The van der Waals surface area contributed by atoms with Crippen LogP contribution in [0.15, 0.2) is 59.4 Å². The van der Waals surface area contributed by atoms with Gasteiger partial charge in [-0.15, -0.1) is 0 Å². The van der Waals surface area contributed by atoms with Crippen LogP contribution in [0.25, 0.3) is 0 Å². The van der Waals surface area contributed by atoms with Crippen LogP contribution in [0.5, 0.6) is 11.8 Å². The summed E-state index contributed by atoms with van der Waals surface area (Å²) in [6.45, 7) is 1.27. The van der Waals surface area contributed by atoms with Gasteiger partial charge in [-0.05, 0) is 42.3 Å². The minimum Gasteiger partial charge on any atom is -0.422 e. The Morgan fingerprint density at radius 3 is 2.77 bits per heavy atom. The lowest BCUT2D eigenvalue weighted by atomic mass is 9.97. The van der Waals surface area contributed by atoms with E-state index in [0.717, 1.165) is 19.4 Å². The second kappa shape index (κ2) is 7.35. The van der Waals surface area contributed by atoms with Crippen molar-refractivity contribution in [2.45, 2.75) is 18.8 Å². The zero-order valence-electron chi connectivity index (χ0n) is 14.1. The van der Waals surface area contributed by atoms with Crippen LogP contribution < -0.4 is 4.74 Å². The summed E-state index contributed by atoms with van der Waals surface area (Å²) in [5, 5.41) is 3.89. The van der Waals surface area contributed by atoms with E-state index in [2.05, 4.69) is 15.1 Å². The highest BCUT2D eigenvalue weighted by molar-refractivity contribution is 5.94. The highest BCUT2D eigenvalue weighted by atomic mass is 16.6. The van der Waals surface area contributed by atoms with Crippen LogP contribution in [0.1, 0.15) is 35.0 Å². The van der Waals surface area contributed by atoms with Crippen molar-refractivity contribution in [2.24, 2.45) is 0 Å². The molecule has 1 unspecified atom stereocenters. The van der Waals surface area contributed by atoms with Gasteiger partial charge in [0.25, 0.3) is 5.91 Å². The molecule has 0 saturated carbocycles. The Morgan fingerprint density at radius 1 is 1.15 bits per heavy atom. The minimum absolute atomic E-state index is 0.00243. The monoisotopic (exact) mass is 350 g/mol. The maximum atomic E-state index is 12.6. The van der Waals surface area contributed by atoms with E-state index in [1.807, 2.05) is 35.2 Å². The smallest absolute Gasteiger partial charge is 0.359 e. The fraction of sp³-hybridized carbons (Fsp3) is 0.263. The van der Waals surface area contributed by atoms with Crippen molar-refractivity contribution in [3.63, 3.8) is 0 Å². The number of likely N-dealkylation sites (tertiary alicyclic amines) is 1. The molecular formula is C19H18N4O3. The number of piperidine rings is 1. The molecular weight excluding hydrogens is 332 g/mol. The van der Waals surface area contributed by atoms with Gasteiger partial charge in [0, 0.05) is 31.0 Å². The van der Waals surface area contributed by atoms with Gasteiger partial charge in [-0.25, -0.2) is 0 Å². The molecule has 0 spiro atoms. The second-order valence-corrected chi connectivity index (χ2v) is 6.16. The third-order valence-electron chi connectivity index (χ3n) is 4.36. The number of pyridine rings is 1. The molecule has 26 heavy (non-hydrogen) atoms. The Kier molecular flexibility index (Phi) is 4.59. The van der Waals surface area contributed by atoms with E-state index < -0.39 is 0 Å². The lowest BCUT2D eigenvalue weighted by Gasteiger charge is -2.31. The minimum atomic E-state index is -0.00243. The number of nitrogens with zero attached hydrogens (tertiary/aromatic N) is 4. The molecule has 0 aliphatic carbocycles. The summed E-state index contributed by atoms with van der Waals surface area (Å²) in [6.07, 6.45) is 5.03. The molecule has 1 atom stereocenters. The molecule has 3 aromatic rings. The third kappa shape index (κ3) is 3.56. The molecule has 0 N–H and O–H groups in total. The van der Waals surface area contributed by atoms with Gasteiger partial charge in [0.2, 0.25) is 5.89 Å². The molecule has 7 nitrogen and oxygen atoms in total. The van der Waals surface area contributed by atoms with Crippen molar-refractivity contribution in [1.29, 1.82) is 0 Å². The third-order valence-corrected chi connectivity index (χ3v) is 4.36. The predicted octanol–water partition coefficient (Wildman–Crippen LogP) is 3.28. The van der Waals surface area contributed by atoms with Crippen molar-refractivity contribution in [1.82, 2.24) is 20.0 Å². The van der Waals surface area contributed by atoms with Gasteiger partial charge in [0.15, 0.2) is 0 Å². The highest BCUT2D eigenvalue weighted by Gasteiger charge is 2.29. The molecule has 1 fully saturated rings. The number of ether oxygens (including phenoxy) is 1. The van der Waals surface area contributed by atoms with Crippen LogP contribution in [0, 0.1) is 0 Å². The summed E-state index contributed by atoms with van der Waals surface area (Å²) in [6, 6.07) is 12.9. The van der Waals surface area contributed by atoms with Crippen molar-refractivity contribution in [3.05, 3.63) is 66.3 Å². The molecule has 2 aromatic heterocycles. The number of amides is 1. The first-order valence-electron chi connectivity index (χ1n) is 8.55. The summed E-state index contributed by atoms with van der Waals surface area (Å²) < 4.78 is 11.0. The van der Waals surface area contributed by atoms with E-state index in [1.54, 1.807) is 24.5 Å². The number of rotatable bonds is 4. The Balaban J connectivity index is 1.44. The molecule has 0 bridgehead atoms. The van der Waals surface area contributed by atoms with E-state index >= 15 is 0 Å². The van der Waals surface area contributed by atoms with E-state index in [4.69, 9.17) is 9.26 Å². The van der Waals surface area contributed by atoms with Crippen LogP contribution in [0.4, 0.5) is 0 Å². The molecule has 7 heteroatoms. The SMILES string of the molecule is O=C(c1ccncc1)N1CCCC(c2nc(Oc3ccccc3)no2)C1. The van der Waals surface area contributed by atoms with Gasteiger partial charge >= 0.3 is 6.01 Å². The van der Waals surface area contributed by atoms with Crippen molar-refractivity contribution >= 4 is 5.91 Å². The van der Waals surface area contributed by atoms with E-state index in [0.29, 0.717) is 23.7 Å². The maximum absolute atomic E-state index is 12.6. The van der Waals surface area contributed by atoms with Gasteiger partial charge in [-0.1, -0.05) is 18.2 Å². The van der Waals surface area contributed by atoms with Crippen LogP contribution in [0.2, 0.25) is 0 Å². The molecule has 3 heterocycles. The van der Waals surface area contributed by atoms with Crippen LogP contribution >= 0.6 is 0 Å². The first-order valence-corrected chi connectivity index (χ1v) is 8.55. The molecule has 1 saturated heterocycles. The molecule has 0 radical (unpaired) electrons. The maximum Gasteiger partial charge on any atom is 0.359 e. The largest absolute Gasteiger partial charge is 0.422 e. The van der Waals surface area contributed by atoms with Gasteiger partial charge in [-0.3, -0.25) is 9.78 Å². The summed E-state index contributed by atoms with van der Waals surface area (Å²) in [5.41, 5.74) is 0.638. The van der Waals surface area contributed by atoms with Crippen molar-refractivity contribution < 1.29 is 14.1 Å². The van der Waals surface area contributed by atoms with Crippen LogP contribution in [0.3, 0.4) is 0 Å². The van der Waals surface area contributed by atoms with Crippen LogP contribution in [-0.4, -0.2) is 39.0 Å². The second-order valence-electron chi connectivity index (χ2n) is 6.16. The first-order chi connectivity index (χ1) is 12.8. The molecule has 132 valence electrons. The van der Waals surface area contributed by atoms with Crippen LogP contribution in [-0.2, 0) is 0 Å². The first kappa shape index (κ1) is 16.3. The summed E-state index contributed by atoms with van der Waals surface area (Å²) in [4.78, 5) is 22.8.